The van der Waals surface area contributed by atoms with Crippen LogP contribution in [0.3, 0.4) is 0 Å². The molecule has 0 saturated carbocycles. The first-order valence-corrected chi connectivity index (χ1v) is 6.00. The summed E-state index contributed by atoms with van der Waals surface area (Å²) in [5, 5.41) is 2.86. The molecule has 1 amide bonds. The van der Waals surface area contributed by atoms with Gasteiger partial charge >= 0.3 is 0 Å². The molecule has 0 aromatic heterocycles. The van der Waals surface area contributed by atoms with Gasteiger partial charge in [-0.25, -0.2) is 0 Å². The van der Waals surface area contributed by atoms with Crippen molar-refractivity contribution >= 4 is 21.8 Å². The van der Waals surface area contributed by atoms with Crippen molar-refractivity contribution in [2.75, 3.05) is 6.54 Å². The van der Waals surface area contributed by atoms with Gasteiger partial charge < -0.3 is 5.32 Å². The largest absolute Gasteiger partial charge is 0.352 e. The van der Waals surface area contributed by atoms with Gasteiger partial charge in [-0.1, -0.05) is 22.0 Å². The predicted octanol–water partition coefficient (Wildman–Crippen LogP) is 2.98. The zero-order chi connectivity index (χ0) is 11.8. The van der Waals surface area contributed by atoms with E-state index in [4.69, 9.17) is 6.42 Å². The quantitative estimate of drug-likeness (QED) is 0.652. The van der Waals surface area contributed by atoms with Crippen LogP contribution >= 0.6 is 15.9 Å². The molecule has 0 heterocycles. The van der Waals surface area contributed by atoms with E-state index in [0.29, 0.717) is 12.1 Å². The summed E-state index contributed by atoms with van der Waals surface area (Å²) in [7, 11) is 0. The van der Waals surface area contributed by atoms with Crippen LogP contribution in [0, 0.1) is 12.3 Å². The second-order valence-electron chi connectivity index (χ2n) is 3.43. The van der Waals surface area contributed by atoms with Crippen molar-refractivity contribution in [3.8, 4) is 12.3 Å². The Kier molecular flexibility index (Phi) is 5.66. The second-order valence-corrected chi connectivity index (χ2v) is 4.34. The maximum absolute atomic E-state index is 11.7. The predicted molar refractivity (Wildman–Crippen MR) is 69.2 cm³/mol. The Morgan fingerprint density at radius 1 is 1.44 bits per heavy atom. The van der Waals surface area contributed by atoms with Gasteiger partial charge in [-0.3, -0.25) is 4.79 Å². The third-order valence-corrected chi connectivity index (χ3v) is 2.61. The summed E-state index contributed by atoms with van der Waals surface area (Å²) in [5.41, 5.74) is 0.673. The summed E-state index contributed by atoms with van der Waals surface area (Å²) in [6.07, 6.45) is 7.78. The Balaban J connectivity index is 2.33. The SMILES string of the molecule is C#CCCCCNC(=O)c1cccc(Br)c1. The summed E-state index contributed by atoms with van der Waals surface area (Å²) in [6, 6.07) is 7.33. The first-order valence-electron chi connectivity index (χ1n) is 5.21. The van der Waals surface area contributed by atoms with Crippen LogP contribution in [0.1, 0.15) is 29.6 Å². The molecule has 3 heteroatoms. The number of benzene rings is 1. The van der Waals surface area contributed by atoms with E-state index in [1.807, 2.05) is 12.1 Å². The lowest BCUT2D eigenvalue weighted by Gasteiger charge is -2.04. The molecule has 0 aliphatic rings. The highest BCUT2D eigenvalue weighted by Gasteiger charge is 2.03. The molecule has 0 spiro atoms. The number of unbranched alkanes of at least 4 members (excludes halogenated alkanes) is 2. The molecule has 2 nitrogen and oxygen atoms in total. The number of rotatable bonds is 5. The highest BCUT2D eigenvalue weighted by Crippen LogP contribution is 2.11. The Labute approximate surface area is 105 Å². The average Bonchev–Trinajstić information content (AvgIpc) is 2.28. The molecule has 84 valence electrons. The molecule has 0 unspecified atom stereocenters. The molecule has 0 aliphatic carbocycles. The number of carbonyl (C=O) groups excluding carboxylic acids is 1. The monoisotopic (exact) mass is 279 g/mol. The standard InChI is InChI=1S/C13H14BrNO/c1-2-3-4-5-9-15-13(16)11-7-6-8-12(14)10-11/h1,6-8,10H,3-5,9H2,(H,15,16). The molecule has 1 rings (SSSR count). The van der Waals surface area contributed by atoms with Crippen molar-refractivity contribution in [3.05, 3.63) is 34.3 Å². The molecule has 0 aliphatic heterocycles. The molecule has 0 saturated heterocycles. The third-order valence-electron chi connectivity index (χ3n) is 2.12. The van der Waals surface area contributed by atoms with E-state index in [2.05, 4.69) is 27.2 Å². The lowest BCUT2D eigenvalue weighted by Crippen LogP contribution is -2.24. The van der Waals surface area contributed by atoms with Gasteiger partial charge in [0.2, 0.25) is 0 Å². The average molecular weight is 280 g/mol. The zero-order valence-corrected chi connectivity index (χ0v) is 10.6. The Hall–Kier alpha value is -1.27. The van der Waals surface area contributed by atoms with Gasteiger partial charge in [0.25, 0.3) is 5.91 Å². The van der Waals surface area contributed by atoms with Crippen molar-refractivity contribution in [2.45, 2.75) is 19.3 Å². The maximum Gasteiger partial charge on any atom is 0.251 e. The minimum absolute atomic E-state index is 0.0398. The van der Waals surface area contributed by atoms with Gasteiger partial charge in [0.05, 0.1) is 0 Å². The van der Waals surface area contributed by atoms with Crippen LogP contribution in [-0.2, 0) is 0 Å². The van der Waals surface area contributed by atoms with Crippen molar-refractivity contribution in [1.82, 2.24) is 5.32 Å². The smallest absolute Gasteiger partial charge is 0.251 e. The normalized spacial score (nSPS) is 9.50. The molecular formula is C13H14BrNO. The number of hydrogen-bond acceptors (Lipinski definition) is 1. The van der Waals surface area contributed by atoms with E-state index in [-0.39, 0.29) is 5.91 Å². The van der Waals surface area contributed by atoms with Gasteiger partial charge in [-0.2, -0.15) is 0 Å². The first-order chi connectivity index (χ1) is 7.74. The zero-order valence-electron chi connectivity index (χ0n) is 9.00. The van der Waals surface area contributed by atoms with E-state index < -0.39 is 0 Å². The van der Waals surface area contributed by atoms with E-state index in [9.17, 15) is 4.79 Å². The molecule has 1 aromatic rings. The highest BCUT2D eigenvalue weighted by molar-refractivity contribution is 9.10. The summed E-state index contributed by atoms with van der Waals surface area (Å²) < 4.78 is 0.910. The number of nitrogens with one attached hydrogen (secondary N) is 1. The van der Waals surface area contributed by atoms with Crippen LogP contribution in [0.25, 0.3) is 0 Å². The molecule has 1 aromatic carbocycles. The Morgan fingerprint density at radius 2 is 2.25 bits per heavy atom. The Bertz CT molecular complexity index is 395. The lowest BCUT2D eigenvalue weighted by atomic mass is 10.2. The third kappa shape index (κ3) is 4.50. The molecule has 16 heavy (non-hydrogen) atoms. The van der Waals surface area contributed by atoms with E-state index in [0.717, 1.165) is 23.7 Å². The fraction of sp³-hybridized carbons (Fsp3) is 0.308. The topological polar surface area (TPSA) is 29.1 Å². The van der Waals surface area contributed by atoms with Crippen molar-refractivity contribution in [1.29, 1.82) is 0 Å². The summed E-state index contributed by atoms with van der Waals surface area (Å²) in [4.78, 5) is 11.7. The van der Waals surface area contributed by atoms with Gasteiger partial charge in [0.15, 0.2) is 0 Å². The number of halogens is 1. The summed E-state index contributed by atoms with van der Waals surface area (Å²) in [5.74, 6) is 2.54. The molecule has 1 N–H and O–H groups in total. The number of amides is 1. The van der Waals surface area contributed by atoms with Crippen LogP contribution in [-0.4, -0.2) is 12.5 Å². The molecule has 0 atom stereocenters. The van der Waals surface area contributed by atoms with E-state index >= 15 is 0 Å². The fourth-order valence-corrected chi connectivity index (χ4v) is 1.69. The number of hydrogen-bond donors (Lipinski definition) is 1. The first kappa shape index (κ1) is 12.8. The highest BCUT2D eigenvalue weighted by atomic mass is 79.9. The second kappa shape index (κ2) is 7.08. The lowest BCUT2D eigenvalue weighted by molar-refractivity contribution is 0.0953. The molecule has 0 bridgehead atoms. The maximum atomic E-state index is 11.7. The van der Waals surface area contributed by atoms with Crippen LogP contribution < -0.4 is 5.32 Å². The van der Waals surface area contributed by atoms with Gasteiger partial charge in [-0.05, 0) is 31.0 Å². The number of carbonyl (C=O) groups is 1. The van der Waals surface area contributed by atoms with Crippen LogP contribution in [0.4, 0.5) is 0 Å². The van der Waals surface area contributed by atoms with Gasteiger partial charge in [-0.15, -0.1) is 12.3 Å². The van der Waals surface area contributed by atoms with Gasteiger partial charge in [0.1, 0.15) is 0 Å². The minimum atomic E-state index is -0.0398. The van der Waals surface area contributed by atoms with Crippen molar-refractivity contribution in [2.24, 2.45) is 0 Å². The van der Waals surface area contributed by atoms with Crippen LogP contribution in [0.2, 0.25) is 0 Å². The van der Waals surface area contributed by atoms with Crippen molar-refractivity contribution < 1.29 is 4.79 Å². The molecular weight excluding hydrogens is 266 g/mol. The number of terminal acetylenes is 1. The van der Waals surface area contributed by atoms with Crippen molar-refractivity contribution in [3.63, 3.8) is 0 Å². The van der Waals surface area contributed by atoms with E-state index in [1.165, 1.54) is 0 Å². The van der Waals surface area contributed by atoms with E-state index in [1.54, 1.807) is 12.1 Å². The molecule has 0 fully saturated rings. The fourth-order valence-electron chi connectivity index (χ4n) is 1.29. The van der Waals surface area contributed by atoms with Crippen LogP contribution in [0.5, 0.6) is 0 Å². The summed E-state index contributed by atoms with van der Waals surface area (Å²) >= 11 is 3.33. The van der Waals surface area contributed by atoms with Crippen LogP contribution in [0.15, 0.2) is 28.7 Å². The summed E-state index contributed by atoms with van der Waals surface area (Å²) in [6.45, 7) is 0.674. The van der Waals surface area contributed by atoms with Gasteiger partial charge in [0, 0.05) is 23.0 Å². The minimum Gasteiger partial charge on any atom is -0.352 e. The Morgan fingerprint density at radius 3 is 2.94 bits per heavy atom. The molecule has 0 radical (unpaired) electrons.